The number of rotatable bonds is 3. The van der Waals surface area contributed by atoms with Gasteiger partial charge in [0.05, 0.1) is 13.2 Å². The molecule has 0 bridgehead atoms. The molecule has 0 spiro atoms. The predicted octanol–water partition coefficient (Wildman–Crippen LogP) is 2.88. The summed E-state index contributed by atoms with van der Waals surface area (Å²) in [6, 6.07) is 15.2. The number of nitrogens with one attached hydrogen (secondary N) is 1. The number of methoxy groups -OCH3 is 1. The molecule has 1 aliphatic heterocycles. The summed E-state index contributed by atoms with van der Waals surface area (Å²) in [5, 5.41) is 14.0. The highest BCUT2D eigenvalue weighted by atomic mass is 16.5. The lowest BCUT2D eigenvalue weighted by Crippen LogP contribution is -2.45. The van der Waals surface area contributed by atoms with Gasteiger partial charge in [0, 0.05) is 30.1 Å². The predicted molar refractivity (Wildman–Crippen MR) is 96.0 cm³/mol. The minimum atomic E-state index is -0.822. The molecule has 2 heterocycles. The first kappa shape index (κ1) is 15.7. The van der Waals surface area contributed by atoms with E-state index in [1.807, 2.05) is 43.4 Å². The van der Waals surface area contributed by atoms with Crippen LogP contribution in [0.25, 0.3) is 10.9 Å². The molecule has 5 heteroatoms. The highest BCUT2D eigenvalue weighted by molar-refractivity contribution is 5.87. The third kappa shape index (κ3) is 2.48. The van der Waals surface area contributed by atoms with Gasteiger partial charge < -0.3 is 14.4 Å². The van der Waals surface area contributed by atoms with E-state index in [1.165, 1.54) is 0 Å². The highest BCUT2D eigenvalue weighted by Gasteiger charge is 2.35. The lowest BCUT2D eigenvalue weighted by Gasteiger charge is -2.31. The Morgan fingerprint density at radius 1 is 1.20 bits per heavy atom. The minimum absolute atomic E-state index is 0.173. The first-order chi connectivity index (χ1) is 12.1. The quantitative estimate of drug-likeness (QED) is 0.772. The Kier molecular flexibility index (Phi) is 3.73. The summed E-state index contributed by atoms with van der Waals surface area (Å²) in [5.74, 6) is -0.0382. The van der Waals surface area contributed by atoms with Crippen LogP contribution in [0.3, 0.4) is 0 Å². The fourth-order valence-corrected chi connectivity index (χ4v) is 3.83. The summed E-state index contributed by atoms with van der Waals surface area (Å²) in [5.41, 5.74) is 4.40. The Morgan fingerprint density at radius 3 is 2.60 bits per heavy atom. The van der Waals surface area contributed by atoms with E-state index in [1.54, 1.807) is 7.11 Å². The van der Waals surface area contributed by atoms with Gasteiger partial charge in [-0.2, -0.15) is 0 Å². The maximum Gasteiger partial charge on any atom is 0.321 e. The molecule has 128 valence electrons. The van der Waals surface area contributed by atoms with Gasteiger partial charge in [-0.1, -0.05) is 30.3 Å². The molecule has 0 saturated carbocycles. The van der Waals surface area contributed by atoms with Gasteiger partial charge in [-0.05, 0) is 29.3 Å². The third-order valence-electron chi connectivity index (χ3n) is 5.06. The molecule has 2 aromatic carbocycles. The number of hydrogen-bond donors (Lipinski definition) is 2. The normalized spacial score (nSPS) is 19.6. The zero-order chi connectivity index (χ0) is 17.6. The lowest BCUT2D eigenvalue weighted by molar-refractivity contribution is -0.139. The minimum Gasteiger partial charge on any atom is -0.497 e. The average molecular weight is 336 g/mol. The van der Waals surface area contributed by atoms with Crippen LogP contribution < -0.4 is 10.1 Å². The second kappa shape index (κ2) is 5.93. The van der Waals surface area contributed by atoms with E-state index in [9.17, 15) is 9.90 Å². The van der Waals surface area contributed by atoms with Gasteiger partial charge in [0.15, 0.2) is 0 Å². The topological polar surface area (TPSA) is 63.5 Å². The molecular weight excluding hydrogens is 316 g/mol. The molecule has 0 amide bonds. The van der Waals surface area contributed by atoms with Crippen LogP contribution in [0.5, 0.6) is 5.75 Å². The van der Waals surface area contributed by atoms with Crippen molar-refractivity contribution in [2.24, 2.45) is 7.05 Å². The maximum absolute atomic E-state index is 11.7. The largest absolute Gasteiger partial charge is 0.497 e. The smallest absolute Gasteiger partial charge is 0.321 e. The van der Waals surface area contributed by atoms with Gasteiger partial charge in [-0.15, -0.1) is 0 Å². The highest BCUT2D eigenvalue weighted by Crippen LogP contribution is 2.37. The number of fused-ring (bicyclic) bond motifs is 3. The molecule has 3 aromatic rings. The third-order valence-corrected chi connectivity index (χ3v) is 5.06. The van der Waals surface area contributed by atoms with Crippen LogP contribution in [0, 0.1) is 0 Å². The molecule has 2 N–H and O–H groups in total. The van der Waals surface area contributed by atoms with Crippen molar-refractivity contribution >= 4 is 16.9 Å². The van der Waals surface area contributed by atoms with E-state index in [-0.39, 0.29) is 6.04 Å². The van der Waals surface area contributed by atoms with Crippen molar-refractivity contribution in [1.29, 1.82) is 0 Å². The summed E-state index contributed by atoms with van der Waals surface area (Å²) >= 11 is 0. The van der Waals surface area contributed by atoms with Gasteiger partial charge in [-0.3, -0.25) is 10.1 Å². The van der Waals surface area contributed by atoms with E-state index >= 15 is 0 Å². The summed E-state index contributed by atoms with van der Waals surface area (Å²) in [6.45, 7) is 0. The number of carbonyl (C=O) groups is 1. The summed E-state index contributed by atoms with van der Waals surface area (Å²) in [7, 11) is 3.68. The fraction of sp³-hybridized carbons (Fsp3) is 0.250. The molecule has 0 radical (unpaired) electrons. The van der Waals surface area contributed by atoms with Crippen LogP contribution in [-0.2, 0) is 18.3 Å². The number of carboxylic acids is 1. The van der Waals surface area contributed by atoms with E-state index in [4.69, 9.17) is 4.74 Å². The van der Waals surface area contributed by atoms with Crippen molar-refractivity contribution in [3.05, 3.63) is 65.4 Å². The Morgan fingerprint density at radius 2 is 1.92 bits per heavy atom. The number of carboxylic acid groups (broad SMARTS) is 1. The van der Waals surface area contributed by atoms with Crippen molar-refractivity contribution in [2.75, 3.05) is 7.11 Å². The molecule has 5 nitrogen and oxygen atoms in total. The summed E-state index contributed by atoms with van der Waals surface area (Å²) in [6.07, 6.45) is 0.485. The van der Waals surface area contributed by atoms with E-state index < -0.39 is 12.0 Å². The maximum atomic E-state index is 11.7. The van der Waals surface area contributed by atoms with Gasteiger partial charge in [-0.25, -0.2) is 0 Å². The summed E-state index contributed by atoms with van der Waals surface area (Å²) in [4.78, 5) is 11.7. The number of benzene rings is 2. The second-order valence-corrected chi connectivity index (χ2v) is 6.41. The van der Waals surface area contributed by atoms with Gasteiger partial charge in [0.1, 0.15) is 11.8 Å². The van der Waals surface area contributed by atoms with Gasteiger partial charge in [0.25, 0.3) is 0 Å². The van der Waals surface area contributed by atoms with Crippen LogP contribution in [0.1, 0.15) is 22.9 Å². The van der Waals surface area contributed by atoms with Crippen molar-refractivity contribution in [3.8, 4) is 5.75 Å². The van der Waals surface area contributed by atoms with Crippen LogP contribution in [0.2, 0.25) is 0 Å². The number of aryl methyl sites for hydroxylation is 1. The average Bonchev–Trinajstić information content (AvgIpc) is 2.94. The van der Waals surface area contributed by atoms with Crippen LogP contribution in [0.4, 0.5) is 0 Å². The molecule has 0 unspecified atom stereocenters. The zero-order valence-corrected chi connectivity index (χ0v) is 14.2. The number of ether oxygens (including phenoxy) is 1. The van der Waals surface area contributed by atoms with Crippen molar-refractivity contribution in [1.82, 2.24) is 9.88 Å². The molecule has 2 atom stereocenters. The van der Waals surface area contributed by atoms with Crippen LogP contribution in [-0.4, -0.2) is 28.8 Å². The van der Waals surface area contributed by atoms with Crippen LogP contribution in [0.15, 0.2) is 48.5 Å². The Balaban J connectivity index is 1.91. The van der Waals surface area contributed by atoms with Gasteiger partial charge >= 0.3 is 5.97 Å². The molecule has 1 aromatic heterocycles. The standard InChI is InChI=1S/C20H20N2O3/c1-22-17-6-4-3-5-14(17)15-11-16(20(23)24)21-18(19(15)22)12-7-9-13(25-2)10-8-12/h3-10,16,18,21H,11H2,1-2H3,(H,23,24)/t16-,18+/m1/s1. The van der Waals surface area contributed by atoms with Crippen molar-refractivity contribution < 1.29 is 14.6 Å². The summed E-state index contributed by atoms with van der Waals surface area (Å²) < 4.78 is 7.41. The number of nitrogens with zero attached hydrogens (tertiary/aromatic N) is 1. The lowest BCUT2D eigenvalue weighted by atomic mass is 9.90. The Bertz CT molecular complexity index is 943. The molecule has 1 aliphatic rings. The molecule has 4 rings (SSSR count). The molecule has 0 saturated heterocycles. The molecular formula is C20H20N2O3. The Labute approximate surface area is 145 Å². The number of hydrogen-bond acceptors (Lipinski definition) is 3. The number of aliphatic carboxylic acids is 1. The van der Waals surface area contributed by atoms with E-state index in [0.717, 1.165) is 33.5 Å². The molecule has 0 fully saturated rings. The SMILES string of the molecule is COc1ccc([C@@H]2N[C@@H](C(=O)O)Cc3c2n(C)c2ccccc32)cc1. The first-order valence-electron chi connectivity index (χ1n) is 8.29. The van der Waals surface area contributed by atoms with Gasteiger partial charge in [0.2, 0.25) is 0 Å². The first-order valence-corrected chi connectivity index (χ1v) is 8.29. The molecule has 0 aliphatic carbocycles. The number of aromatic nitrogens is 1. The van der Waals surface area contributed by atoms with Crippen molar-refractivity contribution in [2.45, 2.75) is 18.5 Å². The van der Waals surface area contributed by atoms with Crippen LogP contribution >= 0.6 is 0 Å². The van der Waals surface area contributed by atoms with E-state index in [2.05, 4.69) is 22.0 Å². The molecule has 25 heavy (non-hydrogen) atoms. The second-order valence-electron chi connectivity index (χ2n) is 6.41. The Hall–Kier alpha value is -2.79. The fourth-order valence-electron chi connectivity index (χ4n) is 3.83. The number of para-hydroxylation sites is 1. The van der Waals surface area contributed by atoms with E-state index in [0.29, 0.717) is 6.42 Å². The monoisotopic (exact) mass is 336 g/mol. The zero-order valence-electron chi connectivity index (χ0n) is 14.2. The van der Waals surface area contributed by atoms with Crippen molar-refractivity contribution in [3.63, 3.8) is 0 Å².